The predicted octanol–water partition coefficient (Wildman–Crippen LogP) is 2.45. The van der Waals surface area contributed by atoms with Gasteiger partial charge < -0.3 is 19.4 Å². The van der Waals surface area contributed by atoms with Crippen LogP contribution in [-0.2, 0) is 9.59 Å². The molecule has 10 heteroatoms. The van der Waals surface area contributed by atoms with E-state index in [-0.39, 0.29) is 30.2 Å². The van der Waals surface area contributed by atoms with Crippen LogP contribution in [0, 0.1) is 5.92 Å². The Bertz CT molecular complexity index is 1400. The Morgan fingerprint density at radius 1 is 1.14 bits per heavy atom. The van der Waals surface area contributed by atoms with Gasteiger partial charge in [-0.15, -0.1) is 0 Å². The number of hydrogen-bond donors (Lipinski definition) is 1. The van der Waals surface area contributed by atoms with Crippen molar-refractivity contribution in [3.05, 3.63) is 55.0 Å². The molecule has 0 aliphatic carbocycles. The van der Waals surface area contributed by atoms with E-state index < -0.39 is 0 Å². The maximum atomic E-state index is 13.3. The zero-order chi connectivity index (χ0) is 23.9. The normalized spacial score (nSPS) is 17.4. The highest BCUT2D eigenvalue weighted by Gasteiger charge is 2.33. The Morgan fingerprint density at radius 2 is 1.97 bits per heavy atom. The third-order valence-corrected chi connectivity index (χ3v) is 7.23. The maximum Gasteiger partial charge on any atom is 0.242 e. The molecule has 1 unspecified atom stereocenters. The van der Waals surface area contributed by atoms with Crippen LogP contribution < -0.4 is 4.90 Å². The highest BCUT2D eigenvalue weighted by Crippen LogP contribution is 2.41. The second kappa shape index (κ2) is 8.61. The lowest BCUT2D eigenvalue weighted by atomic mass is 9.87. The summed E-state index contributed by atoms with van der Waals surface area (Å²) in [5, 5.41) is 0. The number of likely N-dealkylation sites (tertiary alicyclic amines) is 1. The van der Waals surface area contributed by atoms with Crippen LogP contribution in [0.5, 0.6) is 0 Å². The molecule has 35 heavy (non-hydrogen) atoms. The lowest BCUT2D eigenvalue weighted by molar-refractivity contribution is -0.134. The first-order valence-electron chi connectivity index (χ1n) is 11.9. The standard InChI is InChI=1S/C25H26N8O2/c1-31(25-23-24(28-13-27-23)29-14-30-25)12-22(35)32-8-6-16(7-9-32)21(34)10-19-17-4-2-3-5-18(17)20-11-26-15-33(19)20/h2-5,11,13-16,19H,6-10,12H2,1H3,(H,27,28,29,30). The molecule has 1 aromatic carbocycles. The lowest BCUT2D eigenvalue weighted by Gasteiger charge is -2.33. The Kier molecular flexibility index (Phi) is 5.28. The second-order valence-electron chi connectivity index (χ2n) is 9.27. The number of nitrogens with zero attached hydrogens (tertiary/aromatic N) is 7. The Labute approximate surface area is 202 Å². The minimum Gasteiger partial charge on any atom is -0.348 e. The quantitative estimate of drug-likeness (QED) is 0.461. The summed E-state index contributed by atoms with van der Waals surface area (Å²) in [4.78, 5) is 49.8. The molecule has 6 rings (SSSR count). The monoisotopic (exact) mass is 470 g/mol. The van der Waals surface area contributed by atoms with E-state index in [9.17, 15) is 9.59 Å². The van der Waals surface area contributed by atoms with E-state index in [4.69, 9.17) is 0 Å². The first kappa shape index (κ1) is 21.5. The number of aromatic nitrogens is 6. The van der Waals surface area contributed by atoms with E-state index in [1.54, 1.807) is 6.33 Å². The molecule has 1 saturated heterocycles. The summed E-state index contributed by atoms with van der Waals surface area (Å²) < 4.78 is 2.11. The van der Waals surface area contributed by atoms with Crippen LogP contribution in [0.15, 0.2) is 49.4 Å². The number of carbonyl (C=O) groups is 2. The van der Waals surface area contributed by atoms with Crippen LogP contribution in [0.2, 0.25) is 0 Å². The van der Waals surface area contributed by atoms with E-state index >= 15 is 0 Å². The Hall–Kier alpha value is -4.08. The fourth-order valence-corrected chi connectivity index (χ4v) is 5.37. The highest BCUT2D eigenvalue weighted by atomic mass is 16.2. The summed E-state index contributed by atoms with van der Waals surface area (Å²) >= 11 is 0. The Morgan fingerprint density at radius 3 is 2.83 bits per heavy atom. The third-order valence-electron chi connectivity index (χ3n) is 7.23. The number of carbonyl (C=O) groups excluding carboxylic acids is 2. The fourth-order valence-electron chi connectivity index (χ4n) is 5.37. The number of fused-ring (bicyclic) bond motifs is 4. The van der Waals surface area contributed by atoms with E-state index in [1.165, 1.54) is 11.9 Å². The zero-order valence-electron chi connectivity index (χ0n) is 19.5. The molecule has 1 amide bonds. The van der Waals surface area contributed by atoms with Crippen LogP contribution in [0.3, 0.4) is 0 Å². The molecule has 4 aromatic rings. The van der Waals surface area contributed by atoms with Crippen molar-refractivity contribution >= 4 is 28.7 Å². The van der Waals surface area contributed by atoms with E-state index in [1.807, 2.05) is 41.5 Å². The number of benzene rings is 1. The van der Waals surface area contributed by atoms with Gasteiger partial charge in [0.15, 0.2) is 11.5 Å². The number of amides is 1. The Balaban J connectivity index is 1.07. The highest BCUT2D eigenvalue weighted by molar-refractivity contribution is 5.87. The summed E-state index contributed by atoms with van der Waals surface area (Å²) in [6.07, 6.45) is 8.54. The summed E-state index contributed by atoms with van der Waals surface area (Å²) in [6.45, 7) is 1.37. The summed E-state index contributed by atoms with van der Waals surface area (Å²) in [7, 11) is 1.83. The van der Waals surface area contributed by atoms with Gasteiger partial charge in [0.2, 0.25) is 5.91 Å². The van der Waals surface area contributed by atoms with Gasteiger partial charge in [0, 0.05) is 38.0 Å². The molecule has 0 bridgehead atoms. The molecule has 1 fully saturated rings. The smallest absolute Gasteiger partial charge is 0.242 e. The molecule has 5 heterocycles. The van der Waals surface area contributed by atoms with Gasteiger partial charge in [0.25, 0.3) is 0 Å². The summed E-state index contributed by atoms with van der Waals surface area (Å²) in [5.41, 5.74) is 4.69. The molecule has 3 aromatic heterocycles. The minimum absolute atomic E-state index is 0.00306. The number of piperidine rings is 1. The van der Waals surface area contributed by atoms with Crippen molar-refractivity contribution in [1.82, 2.24) is 34.4 Å². The number of H-pyrrole nitrogens is 1. The summed E-state index contributed by atoms with van der Waals surface area (Å²) in [5.74, 6) is 0.903. The topological polar surface area (TPSA) is 113 Å². The first-order chi connectivity index (χ1) is 17.1. The average Bonchev–Trinajstić information content (AvgIpc) is 3.61. The molecular formula is C25H26N8O2. The average molecular weight is 471 g/mol. The molecule has 0 radical (unpaired) electrons. The number of Topliss-reactive ketones (excluding diaryl/α,β-unsaturated/α-hetero) is 1. The molecule has 0 saturated carbocycles. The first-order valence-corrected chi connectivity index (χ1v) is 11.9. The van der Waals surface area contributed by atoms with Crippen molar-refractivity contribution in [2.24, 2.45) is 5.92 Å². The maximum absolute atomic E-state index is 13.3. The van der Waals surface area contributed by atoms with Crippen LogP contribution in [0.1, 0.15) is 30.9 Å². The number of hydrogen-bond acceptors (Lipinski definition) is 7. The number of rotatable bonds is 6. The van der Waals surface area contributed by atoms with Crippen molar-refractivity contribution < 1.29 is 9.59 Å². The van der Waals surface area contributed by atoms with Gasteiger partial charge in [-0.3, -0.25) is 9.59 Å². The molecule has 1 N–H and O–H groups in total. The number of nitrogens with one attached hydrogen (secondary N) is 1. The van der Waals surface area contributed by atoms with Gasteiger partial charge in [-0.2, -0.15) is 0 Å². The van der Waals surface area contributed by atoms with Gasteiger partial charge in [-0.25, -0.2) is 19.9 Å². The van der Waals surface area contributed by atoms with Crippen molar-refractivity contribution in [3.63, 3.8) is 0 Å². The van der Waals surface area contributed by atoms with Crippen LogP contribution >= 0.6 is 0 Å². The van der Waals surface area contributed by atoms with E-state index in [0.29, 0.717) is 49.3 Å². The molecule has 2 aliphatic heterocycles. The number of aromatic amines is 1. The van der Waals surface area contributed by atoms with Crippen LogP contribution in [0.4, 0.5) is 5.82 Å². The fraction of sp³-hybridized carbons (Fsp3) is 0.360. The van der Waals surface area contributed by atoms with Gasteiger partial charge >= 0.3 is 0 Å². The van der Waals surface area contributed by atoms with Gasteiger partial charge in [-0.1, -0.05) is 24.3 Å². The molecule has 10 nitrogen and oxygen atoms in total. The van der Waals surface area contributed by atoms with Crippen molar-refractivity contribution in [2.45, 2.75) is 25.3 Å². The lowest BCUT2D eigenvalue weighted by Crippen LogP contribution is -2.44. The van der Waals surface area contributed by atoms with E-state index in [0.717, 1.165) is 11.3 Å². The summed E-state index contributed by atoms with van der Waals surface area (Å²) in [6, 6.07) is 8.24. The number of anilines is 1. The number of imidazole rings is 2. The molecule has 2 aliphatic rings. The van der Waals surface area contributed by atoms with Crippen molar-refractivity contribution in [3.8, 4) is 11.3 Å². The SMILES string of the molecule is CN(CC(=O)N1CCC(C(=O)CC2c3ccccc3-c3cncn32)CC1)c1ncnc2nc[nH]c12. The van der Waals surface area contributed by atoms with Crippen molar-refractivity contribution in [2.75, 3.05) is 31.6 Å². The second-order valence-corrected chi connectivity index (χ2v) is 9.27. The van der Waals surface area contributed by atoms with Crippen LogP contribution in [0.25, 0.3) is 22.4 Å². The zero-order valence-corrected chi connectivity index (χ0v) is 19.5. The van der Waals surface area contributed by atoms with Gasteiger partial charge in [0.05, 0.1) is 37.1 Å². The largest absolute Gasteiger partial charge is 0.348 e. The molecule has 1 atom stereocenters. The number of ketones is 1. The van der Waals surface area contributed by atoms with Gasteiger partial charge in [-0.05, 0) is 18.4 Å². The van der Waals surface area contributed by atoms with Crippen molar-refractivity contribution in [1.29, 1.82) is 0 Å². The predicted molar refractivity (Wildman–Crippen MR) is 130 cm³/mol. The molecule has 0 spiro atoms. The number of likely N-dealkylation sites (N-methyl/N-ethyl adjacent to an activating group) is 1. The van der Waals surface area contributed by atoms with Crippen LogP contribution in [-0.4, -0.2) is 72.8 Å². The minimum atomic E-state index is -0.0250. The molecular weight excluding hydrogens is 444 g/mol. The van der Waals surface area contributed by atoms with Gasteiger partial charge in [0.1, 0.15) is 17.6 Å². The third kappa shape index (κ3) is 3.74. The van der Waals surface area contributed by atoms with E-state index in [2.05, 4.69) is 41.6 Å². The molecule has 178 valence electrons.